The Morgan fingerprint density at radius 2 is 0.917 bits per heavy atom. The molecule has 0 aliphatic rings. The van der Waals surface area contributed by atoms with Crippen molar-refractivity contribution < 1.29 is 53.0 Å². The maximum atomic E-state index is 11.3. The molecule has 0 fully saturated rings. The third kappa shape index (κ3) is 17.7. The van der Waals surface area contributed by atoms with Crippen LogP contribution in [0.25, 0.3) is 0 Å². The number of carbonyl (C=O) groups is 2. The molecule has 11 heteroatoms. The summed E-state index contributed by atoms with van der Waals surface area (Å²) in [6, 6.07) is 0. The minimum Gasteiger partial charge on any atom is -0.324 e. The van der Waals surface area contributed by atoms with Crippen molar-refractivity contribution in [2.24, 2.45) is 0 Å². The van der Waals surface area contributed by atoms with Crippen LogP contribution in [0.3, 0.4) is 0 Å². The predicted molar refractivity (Wildman–Crippen MR) is 80.9 cm³/mol. The number of halogens is 6. The van der Waals surface area contributed by atoms with Gasteiger partial charge in [0.2, 0.25) is 0 Å². The zero-order valence-electron chi connectivity index (χ0n) is 14.0. The molecule has 0 saturated carbocycles. The second-order valence-corrected chi connectivity index (χ2v) is 16.1. The molecule has 0 amide bonds. The van der Waals surface area contributed by atoms with Crippen molar-refractivity contribution in [2.75, 3.05) is 0 Å². The fourth-order valence-corrected chi connectivity index (χ4v) is 3.66. The Labute approximate surface area is 150 Å². The SMILES string of the molecule is C[Si](C)(C)C#C[Si](C)(C)C.O=C([CH-]C(=O)C(F)(F)F)C(F)(F)F.[Cu+]. The second-order valence-electron chi connectivity index (χ2n) is 6.62. The molecule has 0 aliphatic heterocycles. The van der Waals surface area contributed by atoms with E-state index >= 15 is 0 Å². The van der Waals surface area contributed by atoms with Gasteiger partial charge in [0.1, 0.15) is 27.7 Å². The molecule has 2 nitrogen and oxygen atoms in total. The Bertz CT molecular complexity index is 448. The van der Waals surface area contributed by atoms with Crippen LogP contribution in [-0.4, -0.2) is 40.1 Å². The van der Waals surface area contributed by atoms with E-state index in [-0.39, 0.29) is 17.1 Å². The number of hydrogen-bond acceptors (Lipinski definition) is 2. The van der Waals surface area contributed by atoms with E-state index in [0.29, 0.717) is 0 Å². The Morgan fingerprint density at radius 1 is 0.708 bits per heavy atom. The molecule has 24 heavy (non-hydrogen) atoms. The molecule has 144 valence electrons. The van der Waals surface area contributed by atoms with Crippen LogP contribution in [0.15, 0.2) is 0 Å². The summed E-state index contributed by atoms with van der Waals surface area (Å²) in [5.74, 6) is -5.65. The van der Waals surface area contributed by atoms with Gasteiger partial charge in [-0.2, -0.15) is 26.3 Å². The van der Waals surface area contributed by atoms with Crippen LogP contribution in [0.5, 0.6) is 0 Å². The first kappa shape index (κ1) is 28.1. The quantitative estimate of drug-likeness (QED) is 0.212. The van der Waals surface area contributed by atoms with E-state index in [2.05, 4.69) is 50.4 Å². The van der Waals surface area contributed by atoms with Gasteiger partial charge >= 0.3 is 29.4 Å². The maximum absolute atomic E-state index is 11.3. The number of rotatable bonds is 2. The Morgan fingerprint density at radius 3 is 1.04 bits per heavy atom. The van der Waals surface area contributed by atoms with Crippen molar-refractivity contribution in [2.45, 2.75) is 51.6 Å². The predicted octanol–water partition coefficient (Wildman–Crippen LogP) is 4.20. The minimum atomic E-state index is -5.46. The zero-order valence-corrected chi connectivity index (χ0v) is 16.9. The molecule has 0 radical (unpaired) electrons. The van der Waals surface area contributed by atoms with Gasteiger partial charge in [0.15, 0.2) is 0 Å². The summed E-state index contributed by atoms with van der Waals surface area (Å²) in [7, 11) is -2.19. The van der Waals surface area contributed by atoms with Crippen LogP contribution in [0.4, 0.5) is 26.3 Å². The average Bonchev–Trinajstić information content (AvgIpc) is 2.22. The number of hydrogen-bond donors (Lipinski definition) is 0. The van der Waals surface area contributed by atoms with E-state index in [1.165, 1.54) is 0 Å². The van der Waals surface area contributed by atoms with Crippen LogP contribution < -0.4 is 0 Å². The summed E-state index contributed by atoms with van der Waals surface area (Å²) in [5, 5.41) is 0. The first-order valence-corrected chi connectivity index (χ1v) is 13.4. The van der Waals surface area contributed by atoms with E-state index in [0.717, 1.165) is 0 Å². The maximum Gasteiger partial charge on any atom is 1.00 e. The van der Waals surface area contributed by atoms with Crippen molar-refractivity contribution >= 4 is 27.7 Å². The van der Waals surface area contributed by atoms with Gasteiger partial charge in [-0.05, 0) is 0 Å². The molecule has 0 aromatic rings. The fourth-order valence-electron chi connectivity index (χ4n) is 0.658. The molecule has 0 rings (SSSR count). The van der Waals surface area contributed by atoms with Crippen LogP contribution in [0, 0.1) is 17.5 Å². The van der Waals surface area contributed by atoms with Gasteiger partial charge < -0.3 is 9.59 Å². The number of carbonyl (C=O) groups excluding carboxylic acids is 2. The molecule has 0 atom stereocenters. The van der Waals surface area contributed by atoms with Gasteiger partial charge in [0.05, 0.1) is 0 Å². The van der Waals surface area contributed by atoms with Crippen LogP contribution in [0.1, 0.15) is 0 Å². The normalized spacial score (nSPS) is 11.8. The summed E-state index contributed by atoms with van der Waals surface area (Å²) in [4.78, 5) is 19.6. The molecule has 0 N–H and O–H groups in total. The van der Waals surface area contributed by atoms with E-state index in [9.17, 15) is 35.9 Å². The summed E-state index contributed by atoms with van der Waals surface area (Å²) in [5.41, 5.74) is 6.82. The number of Topliss-reactive ketones (excluding diaryl/α,β-unsaturated/α-hetero) is 2. The summed E-state index contributed by atoms with van der Waals surface area (Å²) in [6.45, 7) is 13.8. The van der Waals surface area contributed by atoms with E-state index in [1.807, 2.05) is 0 Å². The van der Waals surface area contributed by atoms with Gasteiger partial charge in [0, 0.05) is 0 Å². The van der Waals surface area contributed by atoms with Crippen LogP contribution in [-0.2, 0) is 26.7 Å². The summed E-state index contributed by atoms with van der Waals surface area (Å²) < 4.78 is 67.8. The average molecular weight is 441 g/mol. The first-order valence-electron chi connectivity index (χ1n) is 6.37. The zero-order chi connectivity index (χ0) is 19.3. The molecular formula is C13H19CuF6O2Si2. The van der Waals surface area contributed by atoms with Gasteiger partial charge in [-0.1, -0.05) is 39.3 Å². The molecule has 0 spiro atoms. The minimum absolute atomic E-state index is 0. The molecular weight excluding hydrogens is 422 g/mol. The monoisotopic (exact) mass is 440 g/mol. The number of alkyl halides is 6. The van der Waals surface area contributed by atoms with E-state index in [1.54, 1.807) is 0 Å². The summed E-state index contributed by atoms with van der Waals surface area (Å²) >= 11 is 0. The van der Waals surface area contributed by atoms with Gasteiger partial charge in [-0.25, -0.2) is 6.42 Å². The topological polar surface area (TPSA) is 34.1 Å². The Kier molecular flexibility index (Phi) is 11.4. The molecule has 0 heterocycles. The molecule has 0 aromatic carbocycles. The Balaban J connectivity index is -0.000000364. The molecule has 0 bridgehead atoms. The van der Waals surface area contributed by atoms with E-state index < -0.39 is 46.5 Å². The van der Waals surface area contributed by atoms with Gasteiger partial charge in [-0.15, -0.1) is 11.1 Å². The second kappa shape index (κ2) is 9.70. The fraction of sp³-hybridized carbons (Fsp3) is 0.615. The van der Waals surface area contributed by atoms with E-state index in [4.69, 9.17) is 0 Å². The Hall–Kier alpha value is -0.697. The third-order valence-corrected chi connectivity index (χ3v) is 3.63. The third-order valence-electron chi connectivity index (χ3n) is 1.63. The molecule has 0 saturated heterocycles. The van der Waals surface area contributed by atoms with Crippen molar-refractivity contribution in [3.05, 3.63) is 6.42 Å². The van der Waals surface area contributed by atoms with Gasteiger partial charge in [-0.3, -0.25) is 0 Å². The first-order chi connectivity index (χ1) is 9.76. The van der Waals surface area contributed by atoms with Gasteiger partial charge in [0.25, 0.3) is 0 Å². The van der Waals surface area contributed by atoms with Crippen molar-refractivity contribution in [3.63, 3.8) is 0 Å². The number of ketones is 2. The molecule has 0 aliphatic carbocycles. The van der Waals surface area contributed by atoms with Crippen LogP contribution in [0.2, 0.25) is 39.3 Å². The van der Waals surface area contributed by atoms with Crippen molar-refractivity contribution in [1.82, 2.24) is 0 Å². The smallest absolute Gasteiger partial charge is 0.324 e. The molecule has 0 unspecified atom stereocenters. The molecule has 0 aromatic heterocycles. The largest absolute Gasteiger partial charge is 1.00 e. The van der Waals surface area contributed by atoms with Crippen molar-refractivity contribution in [3.8, 4) is 11.1 Å². The standard InChI is InChI=1S/C8H18Si2.C5HF6O2.Cu/c1-9(2,3)7-8-10(4,5)6;6-4(7,8)2(12)1-3(13)5(9,10)11;/h1-6H3;1H;/q;-1;+1. The van der Waals surface area contributed by atoms with Crippen molar-refractivity contribution in [1.29, 1.82) is 0 Å². The summed E-state index contributed by atoms with van der Waals surface area (Å²) in [6.07, 6.45) is -11.9. The van der Waals surface area contributed by atoms with Crippen LogP contribution >= 0.6 is 0 Å².